The molecule has 0 bridgehead atoms. The SMILES string of the molecule is COc1ccc(Br)c(C(=O)NC2(C(=O)O)CCCCC2)c1. The lowest BCUT2D eigenvalue weighted by Gasteiger charge is -2.34. The van der Waals surface area contributed by atoms with Crippen molar-refractivity contribution in [2.45, 2.75) is 37.6 Å². The molecule has 0 aromatic heterocycles. The van der Waals surface area contributed by atoms with Crippen molar-refractivity contribution in [1.82, 2.24) is 5.32 Å². The number of amides is 1. The minimum Gasteiger partial charge on any atom is -0.497 e. The van der Waals surface area contributed by atoms with E-state index in [-0.39, 0.29) is 0 Å². The molecular formula is C15H18BrNO4. The maximum Gasteiger partial charge on any atom is 0.329 e. The number of hydrogen-bond acceptors (Lipinski definition) is 3. The van der Waals surface area contributed by atoms with Gasteiger partial charge in [0.2, 0.25) is 0 Å². The molecule has 0 unspecified atom stereocenters. The number of carbonyl (C=O) groups excluding carboxylic acids is 1. The van der Waals surface area contributed by atoms with Gasteiger partial charge in [-0.1, -0.05) is 19.3 Å². The molecule has 114 valence electrons. The Morgan fingerprint density at radius 1 is 1.29 bits per heavy atom. The fourth-order valence-electron chi connectivity index (χ4n) is 2.64. The summed E-state index contributed by atoms with van der Waals surface area (Å²) in [7, 11) is 1.52. The first-order valence-corrected chi connectivity index (χ1v) is 7.67. The Kier molecular flexibility index (Phi) is 4.88. The number of halogens is 1. The standard InChI is InChI=1S/C15H18BrNO4/c1-21-10-5-6-12(16)11(9-10)13(18)17-15(14(19)20)7-3-2-4-8-15/h5-6,9H,2-4,7-8H2,1H3,(H,17,18)(H,19,20). The maximum absolute atomic E-state index is 12.5. The minimum atomic E-state index is -1.15. The molecule has 0 atom stereocenters. The summed E-state index contributed by atoms with van der Waals surface area (Å²) in [6.07, 6.45) is 3.57. The average Bonchev–Trinajstić information content (AvgIpc) is 2.48. The summed E-state index contributed by atoms with van der Waals surface area (Å²) in [5, 5.41) is 12.2. The molecule has 0 spiro atoms. The number of benzene rings is 1. The van der Waals surface area contributed by atoms with Crippen LogP contribution in [0.4, 0.5) is 0 Å². The second kappa shape index (κ2) is 6.47. The lowest BCUT2D eigenvalue weighted by atomic mass is 9.81. The number of methoxy groups -OCH3 is 1. The molecule has 0 aliphatic heterocycles. The van der Waals surface area contributed by atoms with Gasteiger partial charge in [0, 0.05) is 4.47 Å². The largest absolute Gasteiger partial charge is 0.497 e. The van der Waals surface area contributed by atoms with Gasteiger partial charge in [-0.3, -0.25) is 4.79 Å². The number of carboxylic acids is 1. The van der Waals surface area contributed by atoms with Crippen LogP contribution >= 0.6 is 15.9 Å². The van der Waals surface area contributed by atoms with E-state index in [1.165, 1.54) is 7.11 Å². The summed E-state index contributed by atoms with van der Waals surface area (Å²) in [6.45, 7) is 0. The van der Waals surface area contributed by atoms with Crippen LogP contribution in [0, 0.1) is 0 Å². The number of aliphatic carboxylic acids is 1. The molecule has 0 saturated heterocycles. The molecule has 21 heavy (non-hydrogen) atoms. The van der Waals surface area contributed by atoms with Crippen LogP contribution in [0.2, 0.25) is 0 Å². The van der Waals surface area contributed by atoms with Crippen molar-refractivity contribution in [3.05, 3.63) is 28.2 Å². The van der Waals surface area contributed by atoms with Gasteiger partial charge in [-0.25, -0.2) is 4.79 Å². The average molecular weight is 356 g/mol. The van der Waals surface area contributed by atoms with E-state index in [9.17, 15) is 14.7 Å². The van der Waals surface area contributed by atoms with Crippen LogP contribution < -0.4 is 10.1 Å². The van der Waals surface area contributed by atoms with Crippen LogP contribution in [0.1, 0.15) is 42.5 Å². The Hall–Kier alpha value is -1.56. The van der Waals surface area contributed by atoms with Crippen molar-refractivity contribution in [3.8, 4) is 5.75 Å². The van der Waals surface area contributed by atoms with Crippen LogP contribution in [0.15, 0.2) is 22.7 Å². The van der Waals surface area contributed by atoms with Gasteiger partial charge in [0.05, 0.1) is 12.7 Å². The molecule has 6 heteroatoms. The highest BCUT2D eigenvalue weighted by atomic mass is 79.9. The normalized spacial score (nSPS) is 17.0. The third-order valence-corrected chi connectivity index (χ3v) is 4.58. The number of ether oxygens (including phenoxy) is 1. The predicted molar refractivity (Wildman–Crippen MR) is 81.6 cm³/mol. The van der Waals surface area contributed by atoms with E-state index >= 15 is 0 Å². The highest BCUT2D eigenvalue weighted by Crippen LogP contribution is 2.30. The van der Waals surface area contributed by atoms with Crippen molar-refractivity contribution < 1.29 is 19.4 Å². The lowest BCUT2D eigenvalue weighted by Crippen LogP contribution is -2.55. The van der Waals surface area contributed by atoms with Gasteiger partial charge in [0.25, 0.3) is 5.91 Å². The zero-order valence-electron chi connectivity index (χ0n) is 11.8. The Balaban J connectivity index is 2.25. The molecule has 1 aromatic carbocycles. The molecule has 2 N–H and O–H groups in total. The van der Waals surface area contributed by atoms with Crippen molar-refractivity contribution in [1.29, 1.82) is 0 Å². The topological polar surface area (TPSA) is 75.6 Å². The van der Waals surface area contributed by atoms with Crippen molar-refractivity contribution in [3.63, 3.8) is 0 Å². The number of rotatable bonds is 4. The second-order valence-corrected chi connectivity index (χ2v) is 6.10. The quantitative estimate of drug-likeness (QED) is 0.870. The number of nitrogens with one attached hydrogen (secondary N) is 1. The fraction of sp³-hybridized carbons (Fsp3) is 0.467. The molecule has 1 amide bonds. The van der Waals surface area contributed by atoms with Crippen LogP contribution in [-0.4, -0.2) is 29.6 Å². The van der Waals surface area contributed by atoms with E-state index in [0.29, 0.717) is 28.6 Å². The first-order valence-electron chi connectivity index (χ1n) is 6.88. The molecule has 1 aliphatic carbocycles. The Bertz CT molecular complexity index is 553. The number of carbonyl (C=O) groups is 2. The zero-order valence-corrected chi connectivity index (χ0v) is 13.4. The van der Waals surface area contributed by atoms with Crippen LogP contribution in [0.25, 0.3) is 0 Å². The summed E-state index contributed by atoms with van der Waals surface area (Å²) >= 11 is 3.32. The first kappa shape index (κ1) is 15.8. The van der Waals surface area contributed by atoms with Gasteiger partial charge in [-0.05, 0) is 47.0 Å². The molecular weight excluding hydrogens is 338 g/mol. The fourth-order valence-corrected chi connectivity index (χ4v) is 3.06. The monoisotopic (exact) mass is 355 g/mol. The molecule has 1 fully saturated rings. The first-order chi connectivity index (χ1) is 9.98. The third kappa shape index (κ3) is 3.37. The summed E-state index contributed by atoms with van der Waals surface area (Å²) in [5.74, 6) is -0.809. The zero-order chi connectivity index (χ0) is 15.5. The van der Waals surface area contributed by atoms with Gasteiger partial charge >= 0.3 is 5.97 Å². The van der Waals surface area contributed by atoms with E-state index in [0.717, 1.165) is 19.3 Å². The van der Waals surface area contributed by atoms with Crippen LogP contribution in [0.3, 0.4) is 0 Å². The highest BCUT2D eigenvalue weighted by Gasteiger charge is 2.41. The van der Waals surface area contributed by atoms with Gasteiger partial charge < -0.3 is 15.2 Å². The van der Waals surface area contributed by atoms with E-state index < -0.39 is 17.4 Å². The smallest absolute Gasteiger partial charge is 0.329 e. The predicted octanol–water partition coefficient (Wildman–Crippen LogP) is 2.98. The summed E-state index contributed by atoms with van der Waals surface area (Å²) in [5.41, 5.74) is -0.779. The van der Waals surface area contributed by atoms with Gasteiger partial charge in [-0.15, -0.1) is 0 Å². The van der Waals surface area contributed by atoms with Crippen LogP contribution in [0.5, 0.6) is 5.75 Å². The molecule has 1 saturated carbocycles. The van der Waals surface area contributed by atoms with E-state index in [2.05, 4.69) is 21.2 Å². The molecule has 1 aliphatic rings. The van der Waals surface area contributed by atoms with Crippen LogP contribution in [-0.2, 0) is 4.79 Å². The number of carboxylic acid groups (broad SMARTS) is 1. The number of hydrogen-bond donors (Lipinski definition) is 2. The lowest BCUT2D eigenvalue weighted by molar-refractivity contribution is -0.145. The second-order valence-electron chi connectivity index (χ2n) is 5.25. The van der Waals surface area contributed by atoms with Gasteiger partial charge in [-0.2, -0.15) is 0 Å². The minimum absolute atomic E-state index is 0.376. The van der Waals surface area contributed by atoms with Crippen molar-refractivity contribution >= 4 is 27.8 Å². The molecule has 5 nitrogen and oxygen atoms in total. The summed E-state index contributed by atoms with van der Waals surface area (Å²) in [6, 6.07) is 5.04. The van der Waals surface area contributed by atoms with E-state index in [1.807, 2.05) is 0 Å². The molecule has 1 aromatic rings. The van der Waals surface area contributed by atoms with Gasteiger partial charge in [0.1, 0.15) is 11.3 Å². The van der Waals surface area contributed by atoms with Crippen molar-refractivity contribution in [2.24, 2.45) is 0 Å². The van der Waals surface area contributed by atoms with E-state index in [1.54, 1.807) is 18.2 Å². The Labute approximate surface area is 131 Å². The van der Waals surface area contributed by atoms with E-state index in [4.69, 9.17) is 4.74 Å². The molecule has 0 heterocycles. The summed E-state index contributed by atoms with van der Waals surface area (Å²) < 4.78 is 5.71. The van der Waals surface area contributed by atoms with Crippen molar-refractivity contribution in [2.75, 3.05) is 7.11 Å². The highest BCUT2D eigenvalue weighted by molar-refractivity contribution is 9.10. The Morgan fingerprint density at radius 3 is 2.52 bits per heavy atom. The molecule has 0 radical (unpaired) electrons. The third-order valence-electron chi connectivity index (χ3n) is 3.89. The summed E-state index contributed by atoms with van der Waals surface area (Å²) in [4.78, 5) is 24.1. The molecule has 2 rings (SSSR count). The Morgan fingerprint density at radius 2 is 1.95 bits per heavy atom. The van der Waals surface area contributed by atoms with Gasteiger partial charge in [0.15, 0.2) is 0 Å². The maximum atomic E-state index is 12.5.